The molecule has 3 heterocycles. The summed E-state index contributed by atoms with van der Waals surface area (Å²) in [5, 5.41) is 3.48. The molecule has 1 aliphatic rings. The highest BCUT2D eigenvalue weighted by molar-refractivity contribution is 6.10. The second kappa shape index (κ2) is 13.2. The van der Waals surface area contributed by atoms with Crippen molar-refractivity contribution in [1.82, 2.24) is 19.5 Å². The summed E-state index contributed by atoms with van der Waals surface area (Å²) in [6.07, 6.45) is 6.15. The molecule has 0 spiro atoms. The van der Waals surface area contributed by atoms with Crippen molar-refractivity contribution < 1.29 is 4.42 Å². The van der Waals surface area contributed by atoms with Crippen LogP contribution in [0.5, 0.6) is 0 Å². The number of furan rings is 1. The molecular formula is C51H34N4O. The third-order valence-electron chi connectivity index (χ3n) is 10.9. The van der Waals surface area contributed by atoms with Gasteiger partial charge in [0, 0.05) is 44.1 Å². The van der Waals surface area contributed by atoms with Crippen LogP contribution in [0.4, 0.5) is 0 Å². The van der Waals surface area contributed by atoms with E-state index in [0.29, 0.717) is 17.5 Å². The molecule has 10 aromatic rings. The summed E-state index contributed by atoms with van der Waals surface area (Å²) < 4.78 is 8.68. The number of allylic oxidation sites excluding steroid dienone is 1. The van der Waals surface area contributed by atoms with Gasteiger partial charge >= 0.3 is 0 Å². The fraction of sp³-hybridized carbons (Fsp3) is 0.0392. The molecule has 11 rings (SSSR count). The van der Waals surface area contributed by atoms with E-state index in [1.807, 2.05) is 30.3 Å². The normalized spacial score (nSPS) is 12.4. The van der Waals surface area contributed by atoms with Gasteiger partial charge in [0.1, 0.15) is 11.3 Å². The third kappa shape index (κ3) is 5.36. The van der Waals surface area contributed by atoms with E-state index in [4.69, 9.17) is 19.4 Å². The molecule has 7 aromatic carbocycles. The summed E-state index contributed by atoms with van der Waals surface area (Å²) >= 11 is 0. The van der Waals surface area contributed by atoms with Gasteiger partial charge in [-0.2, -0.15) is 0 Å². The van der Waals surface area contributed by atoms with E-state index in [1.165, 1.54) is 33.0 Å². The van der Waals surface area contributed by atoms with Gasteiger partial charge < -0.3 is 8.98 Å². The van der Waals surface area contributed by atoms with Crippen LogP contribution in [0.2, 0.25) is 0 Å². The molecule has 1 aliphatic carbocycles. The van der Waals surface area contributed by atoms with Crippen LogP contribution in [0.15, 0.2) is 180 Å². The largest absolute Gasteiger partial charge is 0.456 e. The fourth-order valence-corrected chi connectivity index (χ4v) is 8.36. The van der Waals surface area contributed by atoms with Gasteiger partial charge in [-0.1, -0.05) is 146 Å². The maximum absolute atomic E-state index is 6.31. The summed E-state index contributed by atoms with van der Waals surface area (Å²) in [5.41, 5.74) is 12.9. The van der Waals surface area contributed by atoms with Crippen molar-refractivity contribution in [2.75, 3.05) is 0 Å². The molecule has 0 aliphatic heterocycles. The summed E-state index contributed by atoms with van der Waals surface area (Å²) in [6, 6.07) is 59.7. The van der Waals surface area contributed by atoms with Gasteiger partial charge in [-0.15, -0.1) is 0 Å². The molecule has 0 N–H and O–H groups in total. The highest BCUT2D eigenvalue weighted by atomic mass is 16.3. The minimum atomic E-state index is 0.614. The lowest BCUT2D eigenvalue weighted by atomic mass is 9.94. The molecule has 0 saturated carbocycles. The highest BCUT2D eigenvalue weighted by Crippen LogP contribution is 2.40. The maximum atomic E-state index is 6.31. The Balaban J connectivity index is 1.10. The molecule has 0 amide bonds. The molecule has 3 aromatic heterocycles. The number of rotatable bonds is 6. The van der Waals surface area contributed by atoms with Crippen LogP contribution in [0.1, 0.15) is 17.7 Å². The number of para-hydroxylation sites is 1. The van der Waals surface area contributed by atoms with E-state index in [2.05, 4.69) is 156 Å². The molecule has 0 saturated heterocycles. The Morgan fingerprint density at radius 1 is 0.464 bits per heavy atom. The second-order valence-corrected chi connectivity index (χ2v) is 14.3. The maximum Gasteiger partial charge on any atom is 0.164 e. The number of fused-ring (bicyclic) bond motifs is 6. The van der Waals surface area contributed by atoms with Crippen molar-refractivity contribution in [2.45, 2.75) is 12.8 Å². The third-order valence-corrected chi connectivity index (χ3v) is 10.9. The Labute approximate surface area is 323 Å². The molecular weight excluding hydrogens is 685 g/mol. The smallest absolute Gasteiger partial charge is 0.164 e. The van der Waals surface area contributed by atoms with Gasteiger partial charge in [0.2, 0.25) is 0 Å². The van der Waals surface area contributed by atoms with Gasteiger partial charge in [0.05, 0.1) is 11.0 Å². The zero-order valence-electron chi connectivity index (χ0n) is 30.4. The quantitative estimate of drug-likeness (QED) is 0.172. The molecule has 0 atom stereocenters. The molecule has 5 nitrogen and oxygen atoms in total. The average molecular weight is 719 g/mol. The lowest BCUT2D eigenvalue weighted by Crippen LogP contribution is -2.02. The van der Waals surface area contributed by atoms with Crippen molar-refractivity contribution in [1.29, 1.82) is 0 Å². The van der Waals surface area contributed by atoms with Gasteiger partial charge in [0.25, 0.3) is 0 Å². The van der Waals surface area contributed by atoms with E-state index >= 15 is 0 Å². The van der Waals surface area contributed by atoms with Crippen LogP contribution < -0.4 is 0 Å². The number of benzene rings is 7. The van der Waals surface area contributed by atoms with Gasteiger partial charge in [-0.05, 0) is 71.5 Å². The first kappa shape index (κ1) is 32.1. The van der Waals surface area contributed by atoms with E-state index in [-0.39, 0.29) is 0 Å². The topological polar surface area (TPSA) is 56.7 Å². The van der Waals surface area contributed by atoms with Crippen LogP contribution >= 0.6 is 0 Å². The Hall–Kier alpha value is -7.37. The Kier molecular flexibility index (Phi) is 7.56. The Morgan fingerprint density at radius 3 is 1.95 bits per heavy atom. The average Bonchev–Trinajstić information content (AvgIpc) is 3.82. The number of hydrogen-bond donors (Lipinski definition) is 0. The van der Waals surface area contributed by atoms with E-state index in [0.717, 1.165) is 68.5 Å². The molecule has 56 heavy (non-hydrogen) atoms. The zero-order valence-corrected chi connectivity index (χ0v) is 30.4. The first-order valence-electron chi connectivity index (χ1n) is 19.1. The molecule has 0 unspecified atom stereocenters. The van der Waals surface area contributed by atoms with Crippen LogP contribution in [-0.2, 0) is 6.42 Å². The van der Waals surface area contributed by atoms with Crippen molar-refractivity contribution in [2.24, 2.45) is 0 Å². The van der Waals surface area contributed by atoms with E-state index in [1.54, 1.807) is 0 Å². The Morgan fingerprint density at radius 2 is 1.11 bits per heavy atom. The lowest BCUT2D eigenvalue weighted by Gasteiger charge is -2.13. The van der Waals surface area contributed by atoms with Crippen LogP contribution in [-0.4, -0.2) is 19.5 Å². The van der Waals surface area contributed by atoms with Crippen LogP contribution in [0, 0.1) is 0 Å². The standard InChI is InChI=1S/C51H34N4O/c1-3-15-33(16-4-1)38-21-7-8-22-39(38)35-29-30-41-40-23-9-11-26-44(40)55(45(41)32-35)37-20-13-19-36(31-37)50-52-49(34-17-5-2-6-18-34)53-51(54-50)43-25-14-28-47-48(43)42-24-10-12-27-46(42)56-47/h1-9,11-23,25-32H,10,24H2. The number of aromatic nitrogens is 4. The fourth-order valence-electron chi connectivity index (χ4n) is 8.36. The first-order valence-corrected chi connectivity index (χ1v) is 19.1. The van der Waals surface area contributed by atoms with Crippen LogP contribution in [0.3, 0.4) is 0 Å². The lowest BCUT2D eigenvalue weighted by molar-refractivity contribution is 0.595. The molecule has 0 radical (unpaired) electrons. The van der Waals surface area contributed by atoms with E-state index in [9.17, 15) is 0 Å². The van der Waals surface area contributed by atoms with Gasteiger partial charge in [-0.25, -0.2) is 15.0 Å². The monoisotopic (exact) mass is 718 g/mol. The summed E-state index contributed by atoms with van der Waals surface area (Å²) in [7, 11) is 0. The molecule has 264 valence electrons. The molecule has 0 fully saturated rings. The summed E-state index contributed by atoms with van der Waals surface area (Å²) in [6.45, 7) is 0. The minimum absolute atomic E-state index is 0.614. The minimum Gasteiger partial charge on any atom is -0.456 e. The van der Waals surface area contributed by atoms with Crippen LogP contribution in [0.25, 0.3) is 101 Å². The number of hydrogen-bond acceptors (Lipinski definition) is 4. The van der Waals surface area contributed by atoms with E-state index < -0.39 is 0 Å². The zero-order chi connectivity index (χ0) is 37.0. The number of nitrogens with zero attached hydrogens (tertiary/aromatic N) is 4. The number of aryl methyl sites for hydroxylation is 1. The predicted octanol–water partition coefficient (Wildman–Crippen LogP) is 13.0. The summed E-state index contributed by atoms with van der Waals surface area (Å²) in [4.78, 5) is 15.5. The van der Waals surface area contributed by atoms with Gasteiger partial charge in [0.15, 0.2) is 17.5 Å². The summed E-state index contributed by atoms with van der Waals surface area (Å²) in [5.74, 6) is 2.79. The predicted molar refractivity (Wildman–Crippen MR) is 228 cm³/mol. The van der Waals surface area contributed by atoms with Crippen molar-refractivity contribution in [3.05, 3.63) is 187 Å². The van der Waals surface area contributed by atoms with Crippen molar-refractivity contribution >= 4 is 38.9 Å². The molecule has 0 bridgehead atoms. The SMILES string of the molecule is C1=Cc2oc3cccc(-c4nc(-c5ccccc5)nc(-c5cccc(-n6c7ccccc7c7ccc(-c8ccccc8-c8ccccc8)cc76)c5)n4)c3c2CC1. The van der Waals surface area contributed by atoms with Gasteiger partial charge in [-0.3, -0.25) is 0 Å². The van der Waals surface area contributed by atoms with Crippen molar-refractivity contribution in [3.8, 4) is 62.1 Å². The molecule has 5 heteroatoms. The second-order valence-electron chi connectivity index (χ2n) is 14.3. The van der Waals surface area contributed by atoms with Crippen molar-refractivity contribution in [3.63, 3.8) is 0 Å². The highest BCUT2D eigenvalue weighted by Gasteiger charge is 2.22. The first-order chi connectivity index (χ1) is 27.8. The Bertz CT molecular complexity index is 3140.